The largest absolute Gasteiger partial charge is 0.573 e. The minimum Gasteiger partial charge on any atom is -0.406 e. The van der Waals surface area contributed by atoms with Crippen LogP contribution in [0.3, 0.4) is 0 Å². The minimum absolute atomic E-state index is 0.271. The van der Waals surface area contributed by atoms with Gasteiger partial charge in [0.1, 0.15) is 5.75 Å². The molecule has 0 N–H and O–H groups in total. The summed E-state index contributed by atoms with van der Waals surface area (Å²) in [5.41, 5.74) is 3.84. The molecule has 2 aromatic carbocycles. The first-order valence-electron chi connectivity index (χ1n) is 8.87. The normalized spacial score (nSPS) is 11.4. The molecule has 0 bridgehead atoms. The van der Waals surface area contributed by atoms with Crippen LogP contribution in [0.2, 0.25) is 0 Å². The van der Waals surface area contributed by atoms with E-state index in [0.29, 0.717) is 6.54 Å². The van der Waals surface area contributed by atoms with Crippen molar-refractivity contribution in [3.8, 4) is 11.4 Å². The van der Waals surface area contributed by atoms with Crippen LogP contribution in [0.25, 0.3) is 5.69 Å². The van der Waals surface area contributed by atoms with E-state index >= 15 is 0 Å². The van der Waals surface area contributed by atoms with Gasteiger partial charge in [0, 0.05) is 30.4 Å². The van der Waals surface area contributed by atoms with Gasteiger partial charge in [-0.3, -0.25) is 4.79 Å². The summed E-state index contributed by atoms with van der Waals surface area (Å²) in [4.78, 5) is 14.2. The molecule has 0 spiro atoms. The van der Waals surface area contributed by atoms with Crippen LogP contribution in [-0.2, 0) is 6.54 Å². The quantitative estimate of drug-likeness (QED) is 0.623. The molecule has 0 aliphatic heterocycles. The molecule has 0 radical (unpaired) electrons. The monoisotopic (exact) mass is 403 g/mol. The van der Waals surface area contributed by atoms with E-state index in [1.54, 1.807) is 7.05 Å². The summed E-state index contributed by atoms with van der Waals surface area (Å²) in [5, 5.41) is 4.57. The number of aryl methyl sites for hydroxylation is 1. The smallest absolute Gasteiger partial charge is 0.406 e. The molecule has 29 heavy (non-hydrogen) atoms. The van der Waals surface area contributed by atoms with Gasteiger partial charge in [-0.1, -0.05) is 18.2 Å². The van der Waals surface area contributed by atoms with Crippen molar-refractivity contribution in [3.05, 3.63) is 77.1 Å². The van der Waals surface area contributed by atoms with E-state index in [9.17, 15) is 18.0 Å². The number of nitrogens with zero attached hydrogens (tertiary/aromatic N) is 3. The van der Waals surface area contributed by atoms with Gasteiger partial charge < -0.3 is 9.64 Å². The predicted octanol–water partition coefficient (Wildman–Crippen LogP) is 4.66. The molecule has 0 aliphatic rings. The Kier molecular flexibility index (Phi) is 5.63. The molecule has 1 heterocycles. The lowest BCUT2D eigenvalue weighted by Crippen LogP contribution is -2.26. The predicted molar refractivity (Wildman–Crippen MR) is 102 cm³/mol. The zero-order valence-corrected chi connectivity index (χ0v) is 16.2. The molecule has 3 aromatic rings. The fourth-order valence-electron chi connectivity index (χ4n) is 3.05. The van der Waals surface area contributed by atoms with Gasteiger partial charge in [-0.15, -0.1) is 13.2 Å². The second-order valence-corrected chi connectivity index (χ2v) is 6.63. The molecule has 0 atom stereocenters. The van der Waals surface area contributed by atoms with Gasteiger partial charge in [-0.25, -0.2) is 4.68 Å². The number of rotatable bonds is 5. The average Bonchev–Trinajstić information content (AvgIpc) is 2.95. The van der Waals surface area contributed by atoms with Gasteiger partial charge in [0.2, 0.25) is 0 Å². The third-order valence-corrected chi connectivity index (χ3v) is 4.52. The molecule has 0 unspecified atom stereocenters. The maximum absolute atomic E-state index is 12.7. The molecule has 152 valence electrons. The highest BCUT2D eigenvalue weighted by Gasteiger charge is 2.31. The third-order valence-electron chi connectivity index (χ3n) is 4.52. The van der Waals surface area contributed by atoms with Crippen LogP contribution in [0.1, 0.15) is 27.3 Å². The first-order chi connectivity index (χ1) is 13.7. The van der Waals surface area contributed by atoms with Crippen molar-refractivity contribution < 1.29 is 22.7 Å². The summed E-state index contributed by atoms with van der Waals surface area (Å²) in [7, 11) is 1.64. The Morgan fingerprint density at radius 3 is 2.28 bits per heavy atom. The van der Waals surface area contributed by atoms with Crippen molar-refractivity contribution >= 4 is 5.91 Å². The summed E-state index contributed by atoms with van der Waals surface area (Å²) in [6.45, 7) is 4.14. The average molecular weight is 403 g/mol. The number of hydrogen-bond acceptors (Lipinski definition) is 3. The van der Waals surface area contributed by atoms with E-state index in [2.05, 4.69) is 9.84 Å². The second kappa shape index (κ2) is 7.98. The lowest BCUT2D eigenvalue weighted by molar-refractivity contribution is -0.274. The number of benzene rings is 2. The van der Waals surface area contributed by atoms with Gasteiger partial charge in [-0.05, 0) is 50.2 Å². The number of alkyl halides is 3. The molecular weight excluding hydrogens is 383 g/mol. The summed E-state index contributed by atoms with van der Waals surface area (Å²) in [6.07, 6.45) is -4.77. The molecule has 5 nitrogen and oxygen atoms in total. The lowest BCUT2D eigenvalue weighted by Gasteiger charge is -2.18. The molecule has 0 fully saturated rings. The summed E-state index contributed by atoms with van der Waals surface area (Å²) >= 11 is 0. The Balaban J connectivity index is 1.76. The van der Waals surface area contributed by atoms with E-state index in [-0.39, 0.29) is 17.2 Å². The van der Waals surface area contributed by atoms with Gasteiger partial charge in [0.05, 0.1) is 11.4 Å². The molecule has 0 aliphatic carbocycles. The van der Waals surface area contributed by atoms with E-state index in [0.717, 1.165) is 34.8 Å². The van der Waals surface area contributed by atoms with Crippen LogP contribution in [0.15, 0.2) is 54.6 Å². The van der Waals surface area contributed by atoms with Crippen molar-refractivity contribution in [2.75, 3.05) is 7.05 Å². The summed E-state index contributed by atoms with van der Waals surface area (Å²) in [5.74, 6) is -0.678. The van der Waals surface area contributed by atoms with Gasteiger partial charge in [0.15, 0.2) is 0 Å². The maximum Gasteiger partial charge on any atom is 0.573 e. The summed E-state index contributed by atoms with van der Waals surface area (Å²) < 4.78 is 42.5. The van der Waals surface area contributed by atoms with Crippen molar-refractivity contribution in [2.45, 2.75) is 26.8 Å². The fourth-order valence-corrected chi connectivity index (χ4v) is 3.05. The van der Waals surface area contributed by atoms with Crippen LogP contribution in [0.5, 0.6) is 5.75 Å². The highest BCUT2D eigenvalue weighted by atomic mass is 19.4. The number of halogens is 3. The molecule has 3 rings (SSSR count). The van der Waals surface area contributed by atoms with Crippen LogP contribution in [0, 0.1) is 13.8 Å². The van der Waals surface area contributed by atoms with Gasteiger partial charge >= 0.3 is 6.36 Å². The van der Waals surface area contributed by atoms with Gasteiger partial charge in [0.25, 0.3) is 5.91 Å². The fraction of sp³-hybridized carbons (Fsp3) is 0.238. The number of carbonyl (C=O) groups excluding carboxylic acids is 1. The van der Waals surface area contributed by atoms with Crippen molar-refractivity contribution in [3.63, 3.8) is 0 Å². The number of ether oxygens (including phenoxy) is 1. The zero-order chi connectivity index (χ0) is 21.2. The first kappa shape index (κ1) is 20.4. The van der Waals surface area contributed by atoms with Gasteiger partial charge in [-0.2, -0.15) is 5.10 Å². The van der Waals surface area contributed by atoms with E-state index in [1.165, 1.54) is 17.0 Å². The van der Waals surface area contributed by atoms with Crippen molar-refractivity contribution in [2.24, 2.45) is 0 Å². The molecule has 1 amide bonds. The maximum atomic E-state index is 12.7. The number of hydrogen-bond donors (Lipinski definition) is 0. The third kappa shape index (κ3) is 4.77. The van der Waals surface area contributed by atoms with Crippen molar-refractivity contribution in [1.82, 2.24) is 14.7 Å². The van der Waals surface area contributed by atoms with Crippen molar-refractivity contribution in [1.29, 1.82) is 0 Å². The van der Waals surface area contributed by atoms with E-state index < -0.39 is 6.36 Å². The van der Waals surface area contributed by atoms with Crippen LogP contribution < -0.4 is 4.74 Å². The molecular formula is C21H20F3N3O2. The number of para-hydroxylation sites is 1. The van der Waals surface area contributed by atoms with Crippen LogP contribution in [0.4, 0.5) is 13.2 Å². The number of aromatic nitrogens is 2. The number of amides is 1. The number of carbonyl (C=O) groups is 1. The first-order valence-corrected chi connectivity index (χ1v) is 8.87. The lowest BCUT2D eigenvalue weighted by atomic mass is 10.1. The topological polar surface area (TPSA) is 47.4 Å². The standard InChI is InChI=1S/C21H20F3N3O2/c1-14-19(15(2)27(25-14)17-7-5-4-6-8-17)13-26(3)20(28)16-9-11-18(12-10-16)29-21(22,23)24/h4-12H,13H2,1-3H3. The summed E-state index contributed by atoms with van der Waals surface area (Å²) in [6, 6.07) is 14.5. The Hall–Kier alpha value is -3.29. The van der Waals surface area contributed by atoms with Crippen LogP contribution in [-0.4, -0.2) is 34.0 Å². The Bertz CT molecular complexity index is 997. The molecule has 8 heteroatoms. The highest BCUT2D eigenvalue weighted by molar-refractivity contribution is 5.94. The molecule has 1 aromatic heterocycles. The minimum atomic E-state index is -4.77. The van der Waals surface area contributed by atoms with E-state index in [1.807, 2.05) is 48.9 Å². The SMILES string of the molecule is Cc1nn(-c2ccccc2)c(C)c1CN(C)C(=O)c1ccc(OC(F)(F)F)cc1. The Labute approximate surface area is 166 Å². The Morgan fingerprint density at radius 1 is 1.07 bits per heavy atom. The van der Waals surface area contributed by atoms with E-state index in [4.69, 9.17) is 0 Å². The molecule has 0 saturated carbocycles. The Morgan fingerprint density at radius 2 is 1.69 bits per heavy atom. The van der Waals surface area contributed by atoms with Crippen LogP contribution >= 0.6 is 0 Å². The zero-order valence-electron chi connectivity index (χ0n) is 16.2. The highest BCUT2D eigenvalue weighted by Crippen LogP contribution is 2.24. The second-order valence-electron chi connectivity index (χ2n) is 6.63. The molecule has 0 saturated heterocycles.